The zero-order valence-electron chi connectivity index (χ0n) is 65.0. The number of carbonyl (C=O) groups excluding carboxylic acids is 4. The first-order valence-corrected chi connectivity index (χ1v) is 41.8. The number of nitrogens with one attached hydrogen (secondary N) is 1. The van der Waals surface area contributed by atoms with Crippen LogP contribution in [0.4, 0.5) is 46.4 Å². The molecule has 0 fully saturated rings. The minimum Gasteiger partial charge on any atom is -0.423 e. The van der Waals surface area contributed by atoms with E-state index in [1.165, 1.54) is 76.6 Å². The zero-order chi connectivity index (χ0) is 81.3. The molecule has 5 N–H and O–H groups in total. The molecular formula is C85H86BBr2IN18O9. The first kappa shape index (κ1) is 80.3. The van der Waals surface area contributed by atoms with E-state index >= 15 is 0 Å². The number of nitrogen functional groups attached to an aromatic ring is 1. The van der Waals surface area contributed by atoms with Crippen molar-refractivity contribution in [3.05, 3.63) is 238 Å². The third kappa shape index (κ3) is 16.0. The summed E-state index contributed by atoms with van der Waals surface area (Å²) in [5, 5.41) is 22.1. The number of pyridine rings is 8. The van der Waals surface area contributed by atoms with Crippen LogP contribution >= 0.6 is 54.5 Å². The summed E-state index contributed by atoms with van der Waals surface area (Å²) in [7, 11) is 3.43. The van der Waals surface area contributed by atoms with E-state index in [-0.39, 0.29) is 51.2 Å². The number of aliphatic imine (C=N–C) groups is 2. The van der Waals surface area contributed by atoms with Crippen LogP contribution in [-0.4, -0.2) is 126 Å². The first-order chi connectivity index (χ1) is 56.1. The lowest BCUT2D eigenvalue weighted by molar-refractivity contribution is 0.0955. The predicted octanol–water partition coefficient (Wildman–Crippen LogP) is 11.4. The summed E-state index contributed by atoms with van der Waals surface area (Å²) in [6.45, 7) is 7.98. The molecule has 3 amide bonds. The minimum absolute atomic E-state index is 0.000385. The Balaban J connectivity index is 0.000000124. The van der Waals surface area contributed by atoms with Crippen LogP contribution in [0, 0.1) is 3.57 Å². The SMILES string of the molecule is CCc1c(-c2cc(Br)c(=O)n(C)c2)ccnc1N1CCn2c(cc3c2CCCC3)C1=O.CCc1c(-c2cc(Nc3ccc4c(n3)N=CC4)c(=O)n(C)c2)ccnc1N1CCn2c(cc3c2CCCC3)C1=O.Cn1cc(I)cc(Br)c1=O.Nc1ccc2c(n1)N=CC2.O=Cc1c(B(O)O)ccnc1N1CCn2c(cc3c2CCCC3)C1=O. The van der Waals surface area contributed by atoms with Gasteiger partial charge >= 0.3 is 7.12 Å². The normalized spacial score (nSPS) is 15.2. The quantitative estimate of drug-likeness (QED) is 0.0531. The summed E-state index contributed by atoms with van der Waals surface area (Å²) in [6.07, 6.45) is 30.9. The molecule has 0 bridgehead atoms. The van der Waals surface area contributed by atoms with Crippen LogP contribution < -0.4 is 47.9 Å². The van der Waals surface area contributed by atoms with E-state index in [0.717, 1.165) is 155 Å². The van der Waals surface area contributed by atoms with Gasteiger partial charge in [0.1, 0.15) is 51.9 Å². The van der Waals surface area contributed by atoms with Crippen LogP contribution in [0.25, 0.3) is 22.3 Å². The molecule has 31 heteroatoms. The fourth-order valence-electron chi connectivity index (χ4n) is 16.8. The van der Waals surface area contributed by atoms with Gasteiger partial charge in [-0.2, -0.15) is 0 Å². The van der Waals surface area contributed by atoms with Gasteiger partial charge in [-0.05, 0) is 250 Å². The van der Waals surface area contributed by atoms with Crippen molar-refractivity contribution in [2.45, 2.75) is 136 Å². The highest BCUT2D eigenvalue weighted by atomic mass is 127. The lowest BCUT2D eigenvalue weighted by Crippen LogP contribution is -2.43. The highest BCUT2D eigenvalue weighted by Crippen LogP contribution is 2.39. The summed E-state index contributed by atoms with van der Waals surface area (Å²) < 4.78 is 13.4. The van der Waals surface area contributed by atoms with Crippen molar-refractivity contribution in [2.24, 2.45) is 31.1 Å². The van der Waals surface area contributed by atoms with Gasteiger partial charge in [0.05, 0.1) is 14.5 Å². The second-order valence-electron chi connectivity index (χ2n) is 29.6. The standard InChI is InChI=1S/C31H31N7O2.C24H25BrN4O2.C17H18BN3O4.C7H7N3.C6H5BrINO/c1-3-22-23(21-16-24(30(39)36(2)18-21)34-27-9-8-19-10-12-32-28(19)35-27)11-13-33-29(22)38-15-14-37-25-7-5-4-6-20(25)17-26(37)31(38)40;1-3-17-18(16-12-19(25)23(30)27(2)14-16)8-9-26-22(17)29-11-10-28-20-7-5-4-6-15(20)13-21(28)24(29)31;22-10-12-13(18(24)25)5-6-19-16(12)21-8-7-20-14-4-2-1-3-11(14)9-15(20)17(21)23;8-6-2-1-5-3-4-9-7(5)10-6;1-9-3-4(8)2-5(7)6(9)10/h8-9,11-13,16-18H,3-7,10,14-15H2,1-2H3,(H,34,35);8-9,12-14H,3-7,10-11H2,1-2H3;5-6,9-10,24-25H,1-4,7-8H2;1-2,4H,3H2,(H2,8,10);2-3H,1H3. The average Bonchev–Trinajstić information content (AvgIpc) is 1.51. The van der Waals surface area contributed by atoms with Crippen molar-refractivity contribution >= 4 is 150 Å². The van der Waals surface area contributed by atoms with Crippen LogP contribution in [0.3, 0.4) is 0 Å². The number of nitrogens with two attached hydrogens (primary N) is 1. The summed E-state index contributed by atoms with van der Waals surface area (Å²) in [5.74, 6) is 3.99. The van der Waals surface area contributed by atoms with E-state index in [1.54, 1.807) is 65.6 Å². The maximum atomic E-state index is 13.8. The molecule has 594 valence electrons. The lowest BCUT2D eigenvalue weighted by Gasteiger charge is -2.31. The Bertz CT molecular complexity index is 5970. The molecule has 3 aliphatic carbocycles. The molecule has 0 saturated heterocycles. The molecule has 11 aromatic rings. The Morgan fingerprint density at radius 3 is 1.41 bits per heavy atom. The Hall–Kier alpha value is -10.9. The summed E-state index contributed by atoms with van der Waals surface area (Å²) in [5.41, 5.74) is 23.7. The highest BCUT2D eigenvalue weighted by Gasteiger charge is 2.37. The second-order valence-corrected chi connectivity index (χ2v) is 32.6. The first-order valence-electron chi connectivity index (χ1n) is 39.1. The predicted molar refractivity (Wildman–Crippen MR) is 466 cm³/mol. The third-order valence-electron chi connectivity index (χ3n) is 22.5. The monoisotopic (exact) mass is 1800 g/mol. The van der Waals surface area contributed by atoms with Gasteiger partial charge in [0.25, 0.3) is 34.4 Å². The Labute approximate surface area is 699 Å². The van der Waals surface area contributed by atoms with Gasteiger partial charge in [-0.25, -0.2) is 34.9 Å². The topological polar surface area (TPSA) is 326 Å². The van der Waals surface area contributed by atoms with Crippen LogP contribution in [0.1, 0.15) is 150 Å². The molecule has 19 rings (SSSR count). The molecule has 27 nitrogen and oxygen atoms in total. The Morgan fingerprint density at radius 2 is 0.940 bits per heavy atom. The van der Waals surface area contributed by atoms with Crippen molar-refractivity contribution in [3.63, 3.8) is 0 Å². The molecular weight excluding hydrogens is 1710 g/mol. The number of anilines is 6. The van der Waals surface area contributed by atoms with Crippen molar-refractivity contribution in [1.29, 1.82) is 0 Å². The van der Waals surface area contributed by atoms with Crippen molar-refractivity contribution in [2.75, 3.05) is 45.4 Å². The van der Waals surface area contributed by atoms with Gasteiger partial charge in [-0.15, -0.1) is 0 Å². The molecule has 16 heterocycles. The van der Waals surface area contributed by atoms with Crippen LogP contribution in [0.5, 0.6) is 0 Å². The van der Waals surface area contributed by atoms with Crippen molar-refractivity contribution in [1.82, 2.24) is 52.3 Å². The molecule has 0 radical (unpaired) electrons. The maximum Gasteiger partial charge on any atom is 0.489 e. The molecule has 0 unspecified atom stereocenters. The molecule has 8 aliphatic rings. The summed E-state index contributed by atoms with van der Waals surface area (Å²) in [6, 6.07) is 24.6. The molecule has 116 heavy (non-hydrogen) atoms. The Morgan fingerprint density at radius 1 is 0.509 bits per heavy atom. The summed E-state index contributed by atoms with van der Waals surface area (Å²) >= 11 is 8.69. The van der Waals surface area contributed by atoms with Gasteiger partial charge in [0.15, 0.2) is 17.9 Å². The van der Waals surface area contributed by atoms with E-state index in [1.807, 2.05) is 83.2 Å². The number of amides is 3. The largest absolute Gasteiger partial charge is 0.489 e. The van der Waals surface area contributed by atoms with Gasteiger partial charge in [-0.1, -0.05) is 26.0 Å². The fraction of sp³-hybridized carbons (Fsp3) is 0.318. The van der Waals surface area contributed by atoms with E-state index in [9.17, 15) is 43.6 Å². The number of aldehydes is 1. The van der Waals surface area contributed by atoms with E-state index < -0.39 is 7.12 Å². The lowest BCUT2D eigenvalue weighted by atomic mass is 9.77. The summed E-state index contributed by atoms with van der Waals surface area (Å²) in [4.78, 5) is 124. The van der Waals surface area contributed by atoms with E-state index in [4.69, 9.17) is 10.7 Å². The number of aryl methyl sites for hydroxylation is 6. The van der Waals surface area contributed by atoms with E-state index in [0.29, 0.717) is 82.5 Å². The molecule has 0 atom stereocenters. The van der Waals surface area contributed by atoms with Crippen LogP contribution in [-0.2, 0) is 105 Å². The van der Waals surface area contributed by atoms with Crippen LogP contribution in [0.15, 0.2) is 149 Å². The number of hydrogen-bond donors (Lipinski definition) is 4. The maximum absolute atomic E-state index is 13.8. The minimum atomic E-state index is -1.79. The van der Waals surface area contributed by atoms with E-state index in [2.05, 4.69) is 129 Å². The number of halogens is 3. The number of nitrogens with zero attached hydrogens (tertiary/aromatic N) is 16. The van der Waals surface area contributed by atoms with Crippen molar-refractivity contribution < 1.29 is 29.2 Å². The second kappa shape index (κ2) is 34.5. The number of fused-ring (bicyclic) bond motifs is 11. The fourth-order valence-corrected chi connectivity index (χ4v) is 19.0. The zero-order valence-corrected chi connectivity index (χ0v) is 70.3. The molecule has 0 aromatic carbocycles. The number of hydrogen-bond acceptors (Lipinski definition) is 18. The highest BCUT2D eigenvalue weighted by molar-refractivity contribution is 14.1. The van der Waals surface area contributed by atoms with Crippen molar-refractivity contribution in [3.8, 4) is 22.3 Å². The molecule has 11 aromatic heterocycles. The number of rotatable bonds is 11. The third-order valence-corrected chi connectivity index (χ3v) is 24.2. The molecule has 5 aliphatic heterocycles. The van der Waals surface area contributed by atoms with Gasteiger partial charge in [-0.3, -0.25) is 48.3 Å². The Kier molecular flexibility index (Phi) is 23.9. The molecule has 0 spiro atoms. The average molecular weight is 1800 g/mol. The molecule has 0 saturated carbocycles. The van der Waals surface area contributed by atoms with Gasteiger partial charge in [0, 0.05) is 171 Å². The van der Waals surface area contributed by atoms with Crippen LogP contribution in [0.2, 0.25) is 0 Å². The van der Waals surface area contributed by atoms with Gasteiger partial charge < -0.3 is 48.5 Å². The smallest absolute Gasteiger partial charge is 0.423 e. The number of aromatic nitrogens is 11. The number of carbonyl (C=O) groups is 4. The van der Waals surface area contributed by atoms with Gasteiger partial charge in [0.2, 0.25) is 0 Å².